The smallest absolute Gasteiger partial charge is 0.195 e. The first-order valence-electron chi connectivity index (χ1n) is 5.25. The number of hydrogen-bond donors (Lipinski definition) is 0. The van der Waals surface area contributed by atoms with Gasteiger partial charge in [0, 0.05) is 12.0 Å². The summed E-state index contributed by atoms with van der Waals surface area (Å²) in [5.41, 5.74) is 1.96. The van der Waals surface area contributed by atoms with Gasteiger partial charge in [-0.05, 0) is 18.6 Å². The van der Waals surface area contributed by atoms with Gasteiger partial charge in [0.05, 0.1) is 19.8 Å². The molecule has 1 atom stereocenters. The van der Waals surface area contributed by atoms with Gasteiger partial charge < -0.3 is 9.47 Å². The number of nitrogens with zero attached hydrogens (tertiary/aromatic N) is 1. The van der Waals surface area contributed by atoms with Crippen molar-refractivity contribution < 1.29 is 14.3 Å². The summed E-state index contributed by atoms with van der Waals surface area (Å²) in [5, 5.41) is 2.85. The molecule has 0 radical (unpaired) electrons. The molecule has 1 aliphatic carbocycles. The average Bonchev–Trinajstić information content (AvgIpc) is 2.66. The van der Waals surface area contributed by atoms with Crippen molar-refractivity contribution in [3.63, 3.8) is 0 Å². The van der Waals surface area contributed by atoms with E-state index in [1.54, 1.807) is 6.07 Å². The van der Waals surface area contributed by atoms with Crippen molar-refractivity contribution in [2.24, 2.45) is 5.18 Å². The number of carbonyl (C=O) groups is 1. The van der Waals surface area contributed by atoms with Gasteiger partial charge in [-0.2, -0.15) is 4.91 Å². The van der Waals surface area contributed by atoms with Crippen LogP contribution in [0.1, 0.15) is 21.5 Å². The summed E-state index contributed by atoms with van der Waals surface area (Å²) in [7, 11) is 3.04. The lowest BCUT2D eigenvalue weighted by atomic mass is 10.0. The summed E-state index contributed by atoms with van der Waals surface area (Å²) >= 11 is 0. The first-order chi connectivity index (χ1) is 8.13. The number of Topliss-reactive ketones (excluding diaryl/α,β-unsaturated/α-hetero) is 1. The lowest BCUT2D eigenvalue weighted by molar-refractivity contribution is 0.0972. The molecule has 2 rings (SSSR count). The van der Waals surface area contributed by atoms with Crippen molar-refractivity contribution in [2.45, 2.75) is 19.4 Å². The molecule has 1 unspecified atom stereocenters. The zero-order chi connectivity index (χ0) is 12.6. The van der Waals surface area contributed by atoms with Crippen molar-refractivity contribution in [3.05, 3.63) is 27.7 Å². The van der Waals surface area contributed by atoms with Crippen LogP contribution < -0.4 is 9.47 Å². The summed E-state index contributed by atoms with van der Waals surface area (Å²) in [6.45, 7) is 1.83. The Bertz CT molecular complexity index is 496. The van der Waals surface area contributed by atoms with Gasteiger partial charge in [0.15, 0.2) is 11.8 Å². The molecular weight excluding hydrogens is 222 g/mol. The number of nitroso groups, excluding NO2 is 1. The molecule has 0 saturated carbocycles. The molecule has 0 amide bonds. The fraction of sp³-hybridized carbons (Fsp3) is 0.417. The molecule has 0 saturated heterocycles. The number of benzene rings is 1. The van der Waals surface area contributed by atoms with Crippen LogP contribution in [0.4, 0.5) is 0 Å². The average molecular weight is 235 g/mol. The third kappa shape index (κ3) is 1.58. The summed E-state index contributed by atoms with van der Waals surface area (Å²) in [5.74, 6) is 0.837. The Hall–Kier alpha value is -1.91. The van der Waals surface area contributed by atoms with Crippen LogP contribution >= 0.6 is 0 Å². The molecule has 0 bridgehead atoms. The maximum Gasteiger partial charge on any atom is 0.195 e. The minimum Gasteiger partial charge on any atom is -0.496 e. The minimum absolute atomic E-state index is 0.283. The second-order valence-corrected chi connectivity index (χ2v) is 3.97. The van der Waals surface area contributed by atoms with Crippen LogP contribution in [-0.2, 0) is 6.42 Å². The third-order valence-corrected chi connectivity index (χ3v) is 3.03. The highest BCUT2D eigenvalue weighted by Gasteiger charge is 2.37. The van der Waals surface area contributed by atoms with Gasteiger partial charge in [-0.25, -0.2) is 0 Å². The van der Waals surface area contributed by atoms with E-state index in [9.17, 15) is 9.70 Å². The van der Waals surface area contributed by atoms with Gasteiger partial charge >= 0.3 is 0 Å². The number of methoxy groups -OCH3 is 2. The largest absolute Gasteiger partial charge is 0.496 e. The van der Waals surface area contributed by atoms with Gasteiger partial charge in [-0.1, -0.05) is 5.18 Å². The first-order valence-corrected chi connectivity index (χ1v) is 5.25. The number of ether oxygens (including phenoxy) is 2. The number of carbonyl (C=O) groups excluding carboxylic acids is 1. The molecule has 1 aliphatic rings. The van der Waals surface area contributed by atoms with Crippen molar-refractivity contribution in [1.29, 1.82) is 0 Å². The van der Waals surface area contributed by atoms with Crippen molar-refractivity contribution in [2.75, 3.05) is 14.2 Å². The Balaban J connectivity index is 2.69. The summed E-state index contributed by atoms with van der Waals surface area (Å²) in [6.07, 6.45) is 0.289. The maximum absolute atomic E-state index is 12.0. The molecule has 90 valence electrons. The van der Waals surface area contributed by atoms with Gasteiger partial charge in [-0.15, -0.1) is 0 Å². The first kappa shape index (κ1) is 11.6. The van der Waals surface area contributed by atoms with Crippen LogP contribution in [0.3, 0.4) is 0 Å². The summed E-state index contributed by atoms with van der Waals surface area (Å²) < 4.78 is 10.5. The van der Waals surface area contributed by atoms with Crippen LogP contribution in [0.15, 0.2) is 11.2 Å². The molecule has 0 fully saturated rings. The normalized spacial score (nSPS) is 17.8. The fourth-order valence-corrected chi connectivity index (χ4v) is 2.25. The predicted molar refractivity (Wildman–Crippen MR) is 61.9 cm³/mol. The summed E-state index contributed by atoms with van der Waals surface area (Å²) in [6, 6.07) is 0.951. The molecule has 0 aliphatic heterocycles. The Kier molecular flexibility index (Phi) is 2.83. The van der Waals surface area contributed by atoms with Gasteiger partial charge in [0.2, 0.25) is 0 Å². The van der Waals surface area contributed by atoms with E-state index in [1.807, 2.05) is 6.92 Å². The van der Waals surface area contributed by atoms with E-state index in [1.165, 1.54) is 14.2 Å². The van der Waals surface area contributed by atoms with E-state index >= 15 is 0 Å². The highest BCUT2D eigenvalue weighted by atomic mass is 16.5. The Labute approximate surface area is 98.7 Å². The standard InChI is InChI=1S/C12H13NO4/c1-6-4-9(16-2)7-5-8(13-15)11(14)10(7)12(6)17-3/h4,8H,5H2,1-3H3. The van der Waals surface area contributed by atoms with Crippen molar-refractivity contribution in [3.8, 4) is 11.5 Å². The molecule has 0 aromatic heterocycles. The molecule has 1 aromatic carbocycles. The lowest BCUT2D eigenvalue weighted by Crippen LogP contribution is -2.12. The molecule has 17 heavy (non-hydrogen) atoms. The highest BCUT2D eigenvalue weighted by Crippen LogP contribution is 2.40. The fourth-order valence-electron chi connectivity index (χ4n) is 2.25. The van der Waals surface area contributed by atoms with E-state index in [0.717, 1.165) is 5.56 Å². The van der Waals surface area contributed by atoms with Gasteiger partial charge in [0.1, 0.15) is 11.5 Å². The third-order valence-electron chi connectivity index (χ3n) is 3.03. The second-order valence-electron chi connectivity index (χ2n) is 3.97. The Morgan fingerprint density at radius 3 is 2.59 bits per heavy atom. The Morgan fingerprint density at radius 1 is 1.35 bits per heavy atom. The van der Waals surface area contributed by atoms with Gasteiger partial charge in [0.25, 0.3) is 0 Å². The molecule has 0 N–H and O–H groups in total. The SMILES string of the molecule is COc1cc(C)c(OC)c2c1CC(N=O)C2=O. The lowest BCUT2D eigenvalue weighted by Gasteiger charge is -2.13. The van der Waals surface area contributed by atoms with Crippen LogP contribution in [-0.4, -0.2) is 26.0 Å². The minimum atomic E-state index is -0.852. The molecule has 0 spiro atoms. The van der Waals surface area contributed by atoms with E-state index in [2.05, 4.69) is 5.18 Å². The van der Waals surface area contributed by atoms with E-state index in [0.29, 0.717) is 22.6 Å². The van der Waals surface area contributed by atoms with Crippen molar-refractivity contribution >= 4 is 5.78 Å². The topological polar surface area (TPSA) is 65.0 Å². The predicted octanol–water partition coefficient (Wildman–Crippen LogP) is 1.89. The molecular formula is C12H13NO4. The molecule has 5 nitrogen and oxygen atoms in total. The van der Waals surface area contributed by atoms with Crippen LogP contribution in [0, 0.1) is 11.8 Å². The molecule has 5 heteroatoms. The van der Waals surface area contributed by atoms with Crippen LogP contribution in [0.25, 0.3) is 0 Å². The zero-order valence-corrected chi connectivity index (χ0v) is 9.94. The summed E-state index contributed by atoms with van der Waals surface area (Å²) in [4.78, 5) is 22.6. The zero-order valence-electron chi connectivity index (χ0n) is 9.94. The maximum atomic E-state index is 12.0. The molecule has 0 heterocycles. The number of aryl methyl sites for hydroxylation is 1. The quantitative estimate of drug-likeness (QED) is 0.750. The molecule has 1 aromatic rings. The van der Waals surface area contributed by atoms with E-state index in [4.69, 9.17) is 9.47 Å². The Morgan fingerprint density at radius 2 is 2.06 bits per heavy atom. The van der Waals surface area contributed by atoms with Gasteiger partial charge in [-0.3, -0.25) is 4.79 Å². The highest BCUT2D eigenvalue weighted by molar-refractivity contribution is 6.08. The number of hydrogen-bond acceptors (Lipinski definition) is 5. The van der Waals surface area contributed by atoms with E-state index < -0.39 is 6.04 Å². The van der Waals surface area contributed by atoms with E-state index in [-0.39, 0.29) is 12.2 Å². The van der Waals surface area contributed by atoms with Crippen LogP contribution in [0.2, 0.25) is 0 Å². The van der Waals surface area contributed by atoms with Crippen LogP contribution in [0.5, 0.6) is 11.5 Å². The second kappa shape index (κ2) is 4.16. The number of rotatable bonds is 3. The van der Waals surface area contributed by atoms with Crippen molar-refractivity contribution in [1.82, 2.24) is 0 Å². The number of fused-ring (bicyclic) bond motifs is 1. The monoisotopic (exact) mass is 235 g/mol. The number of ketones is 1.